The number of nitrogens with zero attached hydrogens (tertiary/aromatic N) is 1. The number of hydrogen-bond acceptors (Lipinski definition) is 1. The smallest absolute Gasteiger partial charge is 0.0101 e. The van der Waals surface area contributed by atoms with Crippen LogP contribution in [0.4, 0.5) is 0 Å². The van der Waals surface area contributed by atoms with Gasteiger partial charge in [-0.3, -0.25) is 4.90 Å². The third-order valence-electron chi connectivity index (χ3n) is 6.08. The molecule has 0 spiro atoms. The Bertz CT molecular complexity index is 296. The Morgan fingerprint density at radius 2 is 1.40 bits per heavy atom. The van der Waals surface area contributed by atoms with Gasteiger partial charge in [0.1, 0.15) is 0 Å². The third kappa shape index (κ3) is 3.59. The van der Waals surface area contributed by atoms with E-state index in [0.717, 1.165) is 23.9 Å². The minimum atomic E-state index is 0.523. The summed E-state index contributed by atoms with van der Waals surface area (Å²) in [5.74, 6) is 2.04. The van der Waals surface area contributed by atoms with Crippen molar-refractivity contribution in [2.45, 2.75) is 97.1 Å². The van der Waals surface area contributed by atoms with Crippen LogP contribution < -0.4 is 0 Å². The van der Waals surface area contributed by atoms with Crippen LogP contribution in [0.3, 0.4) is 0 Å². The number of hydrogen-bond donors (Lipinski definition) is 0. The van der Waals surface area contributed by atoms with Gasteiger partial charge in [-0.05, 0) is 62.2 Å². The fourth-order valence-electron chi connectivity index (χ4n) is 5.39. The molecule has 0 aromatic heterocycles. The van der Waals surface area contributed by atoms with Gasteiger partial charge in [0.2, 0.25) is 0 Å². The fourth-order valence-corrected chi connectivity index (χ4v) is 5.39. The summed E-state index contributed by atoms with van der Waals surface area (Å²) in [4.78, 5) is 2.95. The second kappa shape index (κ2) is 5.99. The molecule has 0 radical (unpaired) electrons. The highest BCUT2D eigenvalue weighted by Gasteiger charge is 2.41. The highest BCUT2D eigenvalue weighted by Crippen LogP contribution is 2.43. The molecule has 1 aliphatic carbocycles. The first-order chi connectivity index (χ1) is 9.51. The van der Waals surface area contributed by atoms with E-state index in [2.05, 4.69) is 25.7 Å². The first-order valence-electron chi connectivity index (χ1n) is 9.27. The molecule has 116 valence electrons. The van der Waals surface area contributed by atoms with Crippen LogP contribution in [0.15, 0.2) is 0 Å². The van der Waals surface area contributed by atoms with Crippen molar-refractivity contribution in [3.63, 3.8) is 0 Å². The maximum Gasteiger partial charge on any atom is 0.0101 e. The zero-order valence-corrected chi connectivity index (χ0v) is 14.0. The van der Waals surface area contributed by atoms with Crippen molar-refractivity contribution < 1.29 is 0 Å². The molecule has 0 aromatic carbocycles. The second-order valence-corrected chi connectivity index (χ2v) is 9.19. The van der Waals surface area contributed by atoms with Crippen LogP contribution in [0.1, 0.15) is 85.0 Å². The van der Waals surface area contributed by atoms with Crippen LogP contribution in [0, 0.1) is 17.3 Å². The lowest BCUT2D eigenvalue weighted by Crippen LogP contribution is -2.45. The van der Waals surface area contributed by atoms with E-state index in [1.807, 2.05) is 0 Å². The van der Waals surface area contributed by atoms with E-state index in [1.54, 1.807) is 0 Å². The number of rotatable bonds is 3. The molecule has 2 aliphatic heterocycles. The molecule has 3 rings (SSSR count). The van der Waals surface area contributed by atoms with Gasteiger partial charge in [0.25, 0.3) is 0 Å². The predicted octanol–water partition coefficient (Wildman–Crippen LogP) is 5.25. The average molecular weight is 277 g/mol. The summed E-state index contributed by atoms with van der Waals surface area (Å²) in [5.41, 5.74) is 0.523. The molecule has 0 amide bonds. The van der Waals surface area contributed by atoms with E-state index in [-0.39, 0.29) is 0 Å². The molecule has 1 saturated carbocycles. The summed E-state index contributed by atoms with van der Waals surface area (Å²) in [6.07, 6.45) is 15.0. The Morgan fingerprint density at radius 3 is 1.95 bits per heavy atom. The Labute approximate surface area is 126 Å². The molecular formula is C19H35N. The van der Waals surface area contributed by atoms with E-state index in [1.165, 1.54) is 70.8 Å². The summed E-state index contributed by atoms with van der Waals surface area (Å²) >= 11 is 0. The van der Waals surface area contributed by atoms with Gasteiger partial charge in [-0.25, -0.2) is 0 Å². The molecule has 2 unspecified atom stereocenters. The molecule has 3 fully saturated rings. The largest absolute Gasteiger partial charge is 0.297 e. The summed E-state index contributed by atoms with van der Waals surface area (Å²) in [7, 11) is 0. The molecule has 0 aromatic rings. The monoisotopic (exact) mass is 277 g/mol. The van der Waals surface area contributed by atoms with E-state index < -0.39 is 0 Å². The van der Waals surface area contributed by atoms with Crippen molar-refractivity contribution in [2.75, 3.05) is 6.54 Å². The predicted molar refractivity (Wildman–Crippen MR) is 86.9 cm³/mol. The second-order valence-electron chi connectivity index (χ2n) is 9.19. The lowest BCUT2D eigenvalue weighted by molar-refractivity contribution is 0.0643. The maximum absolute atomic E-state index is 2.95. The Kier molecular flexibility index (Phi) is 4.45. The van der Waals surface area contributed by atoms with Gasteiger partial charge in [-0.15, -0.1) is 0 Å². The van der Waals surface area contributed by atoms with Crippen molar-refractivity contribution in [1.29, 1.82) is 0 Å². The molecule has 1 heteroatoms. The summed E-state index contributed by atoms with van der Waals surface area (Å²) in [5, 5.41) is 0. The van der Waals surface area contributed by atoms with Gasteiger partial charge < -0.3 is 0 Å². The van der Waals surface area contributed by atoms with Crippen LogP contribution in [-0.4, -0.2) is 23.5 Å². The van der Waals surface area contributed by atoms with Crippen LogP contribution in [-0.2, 0) is 0 Å². The van der Waals surface area contributed by atoms with E-state index in [0.29, 0.717) is 5.41 Å². The van der Waals surface area contributed by atoms with Gasteiger partial charge in [-0.1, -0.05) is 40.0 Å². The number of fused-ring (bicyclic) bond motifs is 2. The molecule has 2 bridgehead atoms. The van der Waals surface area contributed by atoms with Crippen molar-refractivity contribution in [1.82, 2.24) is 4.90 Å². The van der Waals surface area contributed by atoms with E-state index >= 15 is 0 Å². The summed E-state index contributed by atoms with van der Waals surface area (Å²) in [6, 6.07) is 1.89. The number of piperidine rings is 1. The van der Waals surface area contributed by atoms with Gasteiger partial charge in [0, 0.05) is 18.6 Å². The summed E-state index contributed by atoms with van der Waals surface area (Å²) in [6.45, 7) is 8.70. The average Bonchev–Trinajstić information content (AvgIpc) is 2.61. The van der Waals surface area contributed by atoms with Crippen molar-refractivity contribution in [3.8, 4) is 0 Å². The van der Waals surface area contributed by atoms with Crippen molar-refractivity contribution in [3.05, 3.63) is 0 Å². The molecule has 1 nitrogen and oxygen atoms in total. The zero-order valence-electron chi connectivity index (χ0n) is 14.0. The normalized spacial score (nSPS) is 36.5. The minimum absolute atomic E-state index is 0.523. The zero-order chi connectivity index (χ0) is 14.2. The van der Waals surface area contributed by atoms with Crippen molar-refractivity contribution >= 4 is 0 Å². The summed E-state index contributed by atoms with van der Waals surface area (Å²) < 4.78 is 0. The van der Waals surface area contributed by atoms with Crippen LogP contribution in [0.25, 0.3) is 0 Å². The first-order valence-corrected chi connectivity index (χ1v) is 9.27. The molecule has 2 heterocycles. The fraction of sp³-hybridized carbons (Fsp3) is 1.00. The standard InChI is InChI=1S/C19H35N/c1-19(2,3)13-16-11-17-9-10-18(12-16)20(17)14-15-7-5-4-6-8-15/h15-18H,4-14H2,1-3H3. The first kappa shape index (κ1) is 14.9. The van der Waals surface area contributed by atoms with Crippen LogP contribution in [0.5, 0.6) is 0 Å². The van der Waals surface area contributed by atoms with Gasteiger partial charge in [0.15, 0.2) is 0 Å². The molecule has 0 N–H and O–H groups in total. The molecule has 2 atom stereocenters. The lowest BCUT2D eigenvalue weighted by Gasteiger charge is -2.42. The molecule has 20 heavy (non-hydrogen) atoms. The van der Waals surface area contributed by atoms with Crippen LogP contribution in [0.2, 0.25) is 0 Å². The van der Waals surface area contributed by atoms with E-state index in [4.69, 9.17) is 0 Å². The highest BCUT2D eigenvalue weighted by atomic mass is 15.2. The molecule has 3 aliphatic rings. The third-order valence-corrected chi connectivity index (χ3v) is 6.08. The Morgan fingerprint density at radius 1 is 0.800 bits per heavy atom. The maximum atomic E-state index is 2.95. The minimum Gasteiger partial charge on any atom is -0.297 e. The van der Waals surface area contributed by atoms with Gasteiger partial charge in [-0.2, -0.15) is 0 Å². The van der Waals surface area contributed by atoms with E-state index in [9.17, 15) is 0 Å². The lowest BCUT2D eigenvalue weighted by atomic mass is 9.78. The van der Waals surface area contributed by atoms with Gasteiger partial charge in [0.05, 0.1) is 0 Å². The van der Waals surface area contributed by atoms with Gasteiger partial charge >= 0.3 is 0 Å². The Balaban J connectivity index is 1.54. The Hall–Kier alpha value is -0.0400. The quantitative estimate of drug-likeness (QED) is 0.681. The van der Waals surface area contributed by atoms with Crippen molar-refractivity contribution in [2.24, 2.45) is 17.3 Å². The SMILES string of the molecule is CC(C)(C)CC1CC2CCC(C1)N2CC1CCCCC1. The molecule has 2 saturated heterocycles. The topological polar surface area (TPSA) is 3.24 Å². The van der Waals surface area contributed by atoms with Crippen LogP contribution >= 0.6 is 0 Å². The molecular weight excluding hydrogens is 242 g/mol. The highest BCUT2D eigenvalue weighted by molar-refractivity contribution is 4.96.